The van der Waals surface area contributed by atoms with E-state index in [-0.39, 0.29) is 18.0 Å². The van der Waals surface area contributed by atoms with Crippen LogP contribution in [0.4, 0.5) is 5.69 Å². The lowest BCUT2D eigenvalue weighted by molar-refractivity contribution is -0.116. The predicted octanol–water partition coefficient (Wildman–Crippen LogP) is 5.43. The van der Waals surface area contributed by atoms with E-state index in [0.717, 1.165) is 27.3 Å². The number of carbonyl (C=O) groups is 1. The van der Waals surface area contributed by atoms with Crippen LogP contribution < -0.4 is 15.6 Å². The first-order valence-electron chi connectivity index (χ1n) is 10.2. The Balaban J connectivity index is 1.68. The zero-order valence-electron chi connectivity index (χ0n) is 17.9. The summed E-state index contributed by atoms with van der Waals surface area (Å²) in [7, 11) is 0. The van der Waals surface area contributed by atoms with Crippen LogP contribution in [0.1, 0.15) is 17.4 Å². The van der Waals surface area contributed by atoms with E-state index < -0.39 is 0 Å². The summed E-state index contributed by atoms with van der Waals surface area (Å²) in [5.41, 5.74) is 2.89. The topological polar surface area (TPSA) is 73.2 Å². The van der Waals surface area contributed by atoms with Crippen LogP contribution in [0.3, 0.4) is 0 Å². The molecular weight excluding hydrogens is 446 g/mol. The van der Waals surface area contributed by atoms with Crippen LogP contribution in [-0.2, 0) is 11.3 Å². The van der Waals surface area contributed by atoms with Crippen molar-refractivity contribution in [2.75, 3.05) is 11.9 Å². The number of thiophene rings is 1. The first-order chi connectivity index (χ1) is 15.4. The quantitative estimate of drug-likeness (QED) is 0.410. The molecule has 32 heavy (non-hydrogen) atoms. The molecule has 0 radical (unpaired) electrons. The number of halogens is 1. The van der Waals surface area contributed by atoms with Gasteiger partial charge in [0.05, 0.1) is 18.3 Å². The van der Waals surface area contributed by atoms with Crippen LogP contribution in [0.5, 0.6) is 5.75 Å². The molecule has 4 rings (SSSR count). The molecule has 1 N–H and O–H groups in total. The number of nitrogens with zero attached hydrogens (tertiary/aromatic N) is 2. The Morgan fingerprint density at radius 3 is 2.66 bits per heavy atom. The number of carbonyl (C=O) groups excluding carboxylic acids is 1. The number of rotatable bonds is 6. The molecule has 0 bridgehead atoms. The summed E-state index contributed by atoms with van der Waals surface area (Å²) in [4.78, 5) is 32.0. The number of nitrogens with one attached hydrogen (secondary N) is 1. The maximum Gasteiger partial charge on any atom is 0.263 e. The van der Waals surface area contributed by atoms with Gasteiger partial charge in [-0.15, -0.1) is 11.3 Å². The first-order valence-corrected chi connectivity index (χ1v) is 11.3. The first kappa shape index (κ1) is 22.0. The maximum atomic E-state index is 13.3. The van der Waals surface area contributed by atoms with Gasteiger partial charge in [-0.25, -0.2) is 4.98 Å². The molecule has 0 fully saturated rings. The average molecular weight is 468 g/mol. The molecular formula is C24H22ClN3O3S. The Morgan fingerprint density at radius 2 is 1.94 bits per heavy atom. The normalized spacial score (nSPS) is 11.0. The number of ether oxygens (including phenoxy) is 1. The Labute approximate surface area is 194 Å². The molecule has 2 heterocycles. The fourth-order valence-corrected chi connectivity index (χ4v) is 4.75. The average Bonchev–Trinajstić information content (AvgIpc) is 3.11. The van der Waals surface area contributed by atoms with Gasteiger partial charge in [0.25, 0.3) is 5.56 Å². The van der Waals surface area contributed by atoms with Gasteiger partial charge in [-0.2, -0.15) is 0 Å². The van der Waals surface area contributed by atoms with E-state index in [1.54, 1.807) is 18.2 Å². The molecule has 0 spiro atoms. The van der Waals surface area contributed by atoms with Crippen molar-refractivity contribution in [3.8, 4) is 16.9 Å². The molecule has 2 aromatic heterocycles. The van der Waals surface area contributed by atoms with Gasteiger partial charge < -0.3 is 10.1 Å². The lowest BCUT2D eigenvalue weighted by Gasteiger charge is -2.11. The van der Waals surface area contributed by atoms with E-state index >= 15 is 0 Å². The van der Waals surface area contributed by atoms with Crippen molar-refractivity contribution >= 4 is 44.7 Å². The van der Waals surface area contributed by atoms with E-state index in [9.17, 15) is 9.59 Å². The number of amides is 1. The Bertz CT molecular complexity index is 1360. The third kappa shape index (κ3) is 4.26. The summed E-state index contributed by atoms with van der Waals surface area (Å²) in [6.07, 6.45) is 1.42. The van der Waals surface area contributed by atoms with Crippen molar-refractivity contribution < 1.29 is 9.53 Å². The molecule has 0 unspecified atom stereocenters. The van der Waals surface area contributed by atoms with Crippen LogP contribution >= 0.6 is 22.9 Å². The minimum atomic E-state index is -0.326. The predicted molar refractivity (Wildman–Crippen MR) is 130 cm³/mol. The molecule has 1 amide bonds. The number of aryl methyl sites for hydroxylation is 1. The summed E-state index contributed by atoms with van der Waals surface area (Å²) in [6.45, 7) is 6.17. The molecule has 4 aromatic rings. The van der Waals surface area contributed by atoms with Crippen molar-refractivity contribution in [1.29, 1.82) is 0 Å². The smallest absolute Gasteiger partial charge is 0.263 e. The highest BCUT2D eigenvalue weighted by Crippen LogP contribution is 2.36. The van der Waals surface area contributed by atoms with E-state index in [1.807, 2.05) is 45.0 Å². The minimum absolute atomic E-state index is 0.147. The summed E-state index contributed by atoms with van der Waals surface area (Å²) < 4.78 is 6.85. The minimum Gasteiger partial charge on any atom is -0.494 e. The molecule has 0 saturated carbocycles. The molecule has 0 saturated heterocycles. The number of hydrogen-bond donors (Lipinski definition) is 1. The molecule has 6 nitrogen and oxygen atoms in total. The highest BCUT2D eigenvalue weighted by molar-refractivity contribution is 7.19. The Kier molecular flexibility index (Phi) is 6.30. The van der Waals surface area contributed by atoms with Crippen molar-refractivity contribution in [1.82, 2.24) is 9.55 Å². The number of benzene rings is 2. The number of fused-ring (bicyclic) bond motifs is 1. The fourth-order valence-electron chi connectivity index (χ4n) is 3.57. The lowest BCUT2D eigenvalue weighted by atomic mass is 10.0. The van der Waals surface area contributed by atoms with Gasteiger partial charge in [-0.1, -0.05) is 29.8 Å². The van der Waals surface area contributed by atoms with Gasteiger partial charge in [0.15, 0.2) is 0 Å². The molecule has 164 valence electrons. The zero-order chi connectivity index (χ0) is 22.8. The molecule has 8 heteroatoms. The van der Waals surface area contributed by atoms with Crippen molar-refractivity contribution in [2.24, 2.45) is 0 Å². The van der Waals surface area contributed by atoms with Gasteiger partial charge in [0.2, 0.25) is 5.91 Å². The third-order valence-electron chi connectivity index (χ3n) is 5.16. The lowest BCUT2D eigenvalue weighted by Crippen LogP contribution is -2.28. The number of aromatic nitrogens is 2. The van der Waals surface area contributed by atoms with E-state index in [0.29, 0.717) is 27.5 Å². The van der Waals surface area contributed by atoms with Crippen LogP contribution in [0.15, 0.2) is 53.6 Å². The highest BCUT2D eigenvalue weighted by atomic mass is 35.5. The van der Waals surface area contributed by atoms with Crippen LogP contribution in [-0.4, -0.2) is 22.1 Å². The zero-order valence-corrected chi connectivity index (χ0v) is 19.5. The molecule has 0 aliphatic rings. The van der Waals surface area contributed by atoms with E-state index in [2.05, 4.69) is 10.3 Å². The monoisotopic (exact) mass is 467 g/mol. The largest absolute Gasteiger partial charge is 0.494 e. The highest BCUT2D eigenvalue weighted by Gasteiger charge is 2.18. The SMILES string of the molecule is CCOc1ccc(-c2c(C)sc3ncn(CC(=O)Nc4cccc(Cl)c4C)c(=O)c23)cc1. The molecule has 0 aliphatic heterocycles. The van der Waals surface area contributed by atoms with Gasteiger partial charge in [0, 0.05) is 21.2 Å². The summed E-state index contributed by atoms with van der Waals surface area (Å²) in [5.74, 6) is 0.449. The molecule has 0 atom stereocenters. The van der Waals surface area contributed by atoms with Gasteiger partial charge in [-0.05, 0) is 56.2 Å². The van der Waals surface area contributed by atoms with Crippen LogP contribution in [0.25, 0.3) is 21.3 Å². The second-order valence-corrected chi connectivity index (χ2v) is 8.92. The van der Waals surface area contributed by atoms with Crippen molar-refractivity contribution in [2.45, 2.75) is 27.3 Å². The van der Waals surface area contributed by atoms with Gasteiger partial charge >= 0.3 is 0 Å². The molecule has 0 aliphatic carbocycles. The van der Waals surface area contributed by atoms with Gasteiger partial charge in [-0.3, -0.25) is 14.2 Å². The second-order valence-electron chi connectivity index (χ2n) is 7.31. The fraction of sp³-hybridized carbons (Fsp3) is 0.208. The standard InChI is InChI=1S/C24H22ClN3O3S/c1-4-31-17-10-8-16(9-11-17)21-15(3)32-23-22(21)24(30)28(13-26-23)12-20(29)27-19-7-5-6-18(25)14(19)2/h5-11,13H,4,12H2,1-3H3,(H,27,29). The van der Waals surface area contributed by atoms with Crippen molar-refractivity contribution in [3.63, 3.8) is 0 Å². The number of anilines is 1. The Hall–Kier alpha value is -3.16. The maximum absolute atomic E-state index is 13.3. The van der Waals surface area contributed by atoms with E-state index in [4.69, 9.17) is 16.3 Å². The summed E-state index contributed by atoms with van der Waals surface area (Å²) in [6, 6.07) is 12.9. The molecule has 2 aromatic carbocycles. The van der Waals surface area contributed by atoms with Crippen LogP contribution in [0.2, 0.25) is 5.02 Å². The summed E-state index contributed by atoms with van der Waals surface area (Å²) in [5, 5.41) is 3.91. The second kappa shape index (κ2) is 9.14. The Morgan fingerprint density at radius 1 is 1.19 bits per heavy atom. The number of hydrogen-bond acceptors (Lipinski definition) is 5. The van der Waals surface area contributed by atoms with Crippen molar-refractivity contribution in [3.05, 3.63) is 74.6 Å². The third-order valence-corrected chi connectivity index (χ3v) is 6.59. The summed E-state index contributed by atoms with van der Waals surface area (Å²) >= 11 is 7.60. The van der Waals surface area contributed by atoms with Gasteiger partial charge in [0.1, 0.15) is 17.1 Å². The van der Waals surface area contributed by atoms with E-state index in [1.165, 1.54) is 22.2 Å². The van der Waals surface area contributed by atoms with Crippen LogP contribution in [0, 0.1) is 13.8 Å².